The molecule has 0 aliphatic rings. The molecule has 0 bridgehead atoms. The maximum absolute atomic E-state index is 11.9. The number of benzene rings is 1. The number of ether oxygens (including phenoxy) is 1. The minimum Gasteiger partial charge on any atom is -0.481 e. The first-order chi connectivity index (χ1) is 10.6. The number of amides is 1. The van der Waals surface area contributed by atoms with Crippen LogP contribution in [0.4, 0.5) is 0 Å². The normalized spacial score (nSPS) is 13.4. The molecule has 2 N–H and O–H groups in total. The van der Waals surface area contributed by atoms with E-state index in [9.17, 15) is 14.7 Å². The fourth-order valence-electron chi connectivity index (χ4n) is 2.36. The summed E-state index contributed by atoms with van der Waals surface area (Å²) >= 11 is 0. The summed E-state index contributed by atoms with van der Waals surface area (Å²) in [6.07, 6.45) is 1.39. The molecule has 1 atom stereocenters. The lowest BCUT2D eigenvalue weighted by Gasteiger charge is -2.29. The van der Waals surface area contributed by atoms with Gasteiger partial charge in [-0.1, -0.05) is 37.3 Å². The number of carboxylic acids is 1. The van der Waals surface area contributed by atoms with Crippen molar-refractivity contribution in [3.63, 3.8) is 0 Å². The van der Waals surface area contributed by atoms with Crippen molar-refractivity contribution in [2.24, 2.45) is 0 Å². The van der Waals surface area contributed by atoms with E-state index in [1.165, 1.54) is 0 Å². The molecular formula is C17H25NO4. The smallest absolute Gasteiger partial charge is 0.315 e. The van der Waals surface area contributed by atoms with Gasteiger partial charge >= 0.3 is 5.97 Å². The van der Waals surface area contributed by atoms with E-state index in [-0.39, 0.29) is 12.5 Å². The molecule has 0 radical (unpaired) electrons. The van der Waals surface area contributed by atoms with Crippen molar-refractivity contribution in [3.05, 3.63) is 35.9 Å². The molecule has 5 nitrogen and oxygen atoms in total. The first-order valence-corrected chi connectivity index (χ1v) is 7.70. The first kappa shape index (κ1) is 18.2. The van der Waals surface area contributed by atoms with Gasteiger partial charge in [0.15, 0.2) is 0 Å². The molecule has 1 aromatic rings. The van der Waals surface area contributed by atoms with Crippen LogP contribution in [-0.2, 0) is 19.7 Å². The average molecular weight is 307 g/mol. The summed E-state index contributed by atoms with van der Waals surface area (Å²) in [5.41, 5.74) is -0.378. The van der Waals surface area contributed by atoms with E-state index in [2.05, 4.69) is 5.32 Å². The van der Waals surface area contributed by atoms with E-state index >= 15 is 0 Å². The van der Waals surface area contributed by atoms with Crippen molar-refractivity contribution >= 4 is 11.9 Å². The van der Waals surface area contributed by atoms with Crippen LogP contribution in [0.3, 0.4) is 0 Å². The zero-order chi connectivity index (χ0) is 16.4. The summed E-state index contributed by atoms with van der Waals surface area (Å²) in [6.45, 7) is 5.00. The maximum atomic E-state index is 11.9. The molecular weight excluding hydrogens is 282 g/mol. The quantitative estimate of drug-likeness (QED) is 0.651. The molecule has 0 fully saturated rings. The predicted molar refractivity (Wildman–Crippen MR) is 84.8 cm³/mol. The Kier molecular flexibility index (Phi) is 7.60. The average Bonchev–Trinajstić information content (AvgIpc) is 2.53. The van der Waals surface area contributed by atoms with Crippen LogP contribution in [0.15, 0.2) is 30.3 Å². The van der Waals surface area contributed by atoms with Crippen molar-refractivity contribution in [2.45, 2.75) is 38.5 Å². The number of rotatable bonds is 10. The van der Waals surface area contributed by atoms with Crippen molar-refractivity contribution in [3.8, 4) is 0 Å². The minimum absolute atomic E-state index is 0.0936. The summed E-state index contributed by atoms with van der Waals surface area (Å²) in [5.74, 6) is -1.06. The molecule has 0 heterocycles. The van der Waals surface area contributed by atoms with Crippen LogP contribution in [-0.4, -0.2) is 36.7 Å². The van der Waals surface area contributed by atoms with Crippen molar-refractivity contribution in [2.75, 3.05) is 19.8 Å². The van der Waals surface area contributed by atoms with Crippen LogP contribution >= 0.6 is 0 Å². The number of carbonyl (C=O) groups excluding carboxylic acids is 1. The summed E-state index contributed by atoms with van der Waals surface area (Å²) in [4.78, 5) is 23.7. The summed E-state index contributed by atoms with van der Waals surface area (Å²) in [6, 6.07) is 9.05. The van der Waals surface area contributed by atoms with Gasteiger partial charge in [0.05, 0.1) is 0 Å². The number of carboxylic acid groups (broad SMARTS) is 1. The molecule has 0 saturated heterocycles. The Labute approximate surface area is 131 Å². The molecule has 0 aliphatic heterocycles. The van der Waals surface area contributed by atoms with Gasteiger partial charge < -0.3 is 15.2 Å². The summed E-state index contributed by atoms with van der Waals surface area (Å²) < 4.78 is 5.18. The maximum Gasteiger partial charge on any atom is 0.315 e. The highest BCUT2D eigenvalue weighted by molar-refractivity contribution is 5.83. The van der Waals surface area contributed by atoms with E-state index in [4.69, 9.17) is 4.74 Å². The third kappa shape index (κ3) is 4.84. The van der Waals surface area contributed by atoms with Gasteiger partial charge in [-0.05, 0) is 25.3 Å². The van der Waals surface area contributed by atoms with Gasteiger partial charge in [0.1, 0.15) is 5.41 Å². The first-order valence-electron chi connectivity index (χ1n) is 7.70. The number of hydrogen-bond donors (Lipinski definition) is 2. The predicted octanol–water partition coefficient (Wildman–Crippen LogP) is 2.35. The van der Waals surface area contributed by atoms with E-state index in [0.29, 0.717) is 38.0 Å². The van der Waals surface area contributed by atoms with Crippen molar-refractivity contribution in [1.82, 2.24) is 5.32 Å². The molecule has 1 aromatic carbocycles. The number of nitrogens with one attached hydrogen (secondary N) is 1. The molecule has 1 amide bonds. The van der Waals surface area contributed by atoms with Crippen LogP contribution in [0.25, 0.3) is 0 Å². The lowest BCUT2D eigenvalue weighted by atomic mass is 9.78. The molecule has 1 rings (SSSR count). The summed E-state index contributed by atoms with van der Waals surface area (Å²) in [7, 11) is 0. The Balaban J connectivity index is 2.67. The Morgan fingerprint density at radius 3 is 2.45 bits per heavy atom. The fourth-order valence-corrected chi connectivity index (χ4v) is 2.36. The second-order valence-electron chi connectivity index (χ2n) is 5.18. The zero-order valence-corrected chi connectivity index (χ0v) is 13.3. The number of aliphatic carboxylic acids is 1. The summed E-state index contributed by atoms with van der Waals surface area (Å²) in [5, 5.41) is 12.4. The van der Waals surface area contributed by atoms with E-state index in [1.54, 1.807) is 12.1 Å². The molecule has 0 aliphatic carbocycles. The third-order valence-electron chi connectivity index (χ3n) is 3.82. The standard InChI is InChI=1S/C17H25NO4/c1-3-17(16(20)21,14-9-6-5-7-10-14)13-18-15(19)11-8-12-22-4-2/h5-7,9-10H,3-4,8,11-13H2,1-2H3,(H,18,19)(H,20,21). The highest BCUT2D eigenvalue weighted by Gasteiger charge is 2.38. The number of carbonyl (C=O) groups is 2. The molecule has 5 heteroatoms. The molecule has 0 aromatic heterocycles. The van der Waals surface area contributed by atoms with Gasteiger partial charge in [-0.15, -0.1) is 0 Å². The monoisotopic (exact) mass is 307 g/mol. The number of hydrogen-bond acceptors (Lipinski definition) is 3. The molecule has 22 heavy (non-hydrogen) atoms. The molecule has 1 unspecified atom stereocenters. The fraction of sp³-hybridized carbons (Fsp3) is 0.529. The lowest BCUT2D eigenvalue weighted by Crippen LogP contribution is -2.46. The topological polar surface area (TPSA) is 75.6 Å². The molecule has 122 valence electrons. The van der Waals surface area contributed by atoms with Gasteiger partial charge in [-0.25, -0.2) is 0 Å². The zero-order valence-electron chi connectivity index (χ0n) is 13.3. The van der Waals surface area contributed by atoms with Crippen molar-refractivity contribution in [1.29, 1.82) is 0 Å². The van der Waals surface area contributed by atoms with Crippen LogP contribution < -0.4 is 5.32 Å². The van der Waals surface area contributed by atoms with Gasteiger partial charge in [0.25, 0.3) is 0 Å². The molecule has 0 spiro atoms. The van der Waals surface area contributed by atoms with Crippen LogP contribution in [0, 0.1) is 0 Å². The van der Waals surface area contributed by atoms with Gasteiger partial charge in [0, 0.05) is 26.2 Å². The Morgan fingerprint density at radius 2 is 1.91 bits per heavy atom. The third-order valence-corrected chi connectivity index (χ3v) is 3.82. The Bertz CT molecular complexity index is 475. The highest BCUT2D eigenvalue weighted by atomic mass is 16.5. The van der Waals surface area contributed by atoms with Crippen LogP contribution in [0.5, 0.6) is 0 Å². The highest BCUT2D eigenvalue weighted by Crippen LogP contribution is 2.27. The second kappa shape index (κ2) is 9.20. The second-order valence-corrected chi connectivity index (χ2v) is 5.18. The minimum atomic E-state index is -1.09. The van der Waals surface area contributed by atoms with E-state index < -0.39 is 11.4 Å². The Hall–Kier alpha value is -1.88. The van der Waals surface area contributed by atoms with E-state index in [0.717, 1.165) is 0 Å². The van der Waals surface area contributed by atoms with Gasteiger partial charge in [0.2, 0.25) is 5.91 Å². The molecule has 0 saturated carbocycles. The Morgan fingerprint density at radius 1 is 1.23 bits per heavy atom. The SMILES string of the molecule is CCOCCCC(=O)NCC(CC)(C(=O)O)c1ccccc1. The lowest BCUT2D eigenvalue weighted by molar-refractivity contribution is -0.144. The largest absolute Gasteiger partial charge is 0.481 e. The van der Waals surface area contributed by atoms with Crippen molar-refractivity contribution < 1.29 is 19.4 Å². The van der Waals surface area contributed by atoms with Gasteiger partial charge in [-0.3, -0.25) is 9.59 Å². The van der Waals surface area contributed by atoms with Crippen LogP contribution in [0.1, 0.15) is 38.7 Å². The van der Waals surface area contributed by atoms with E-state index in [1.807, 2.05) is 32.0 Å². The van der Waals surface area contributed by atoms with Crippen LogP contribution in [0.2, 0.25) is 0 Å². The van der Waals surface area contributed by atoms with Gasteiger partial charge in [-0.2, -0.15) is 0 Å².